The van der Waals surface area contributed by atoms with E-state index in [4.69, 9.17) is 11.0 Å². The molecule has 0 unspecified atom stereocenters. The normalized spacial score (nSPS) is 9.25. The number of carbonyl (C=O) groups is 1. The van der Waals surface area contributed by atoms with Crippen LogP contribution in [0.1, 0.15) is 12.5 Å². The average molecular weight is 218 g/mol. The van der Waals surface area contributed by atoms with Crippen LogP contribution in [0.5, 0.6) is 0 Å². The maximum atomic E-state index is 11.2. The number of nitriles is 1. The second-order valence-corrected chi connectivity index (χ2v) is 3.22. The highest BCUT2D eigenvalue weighted by atomic mass is 16.1. The largest absolute Gasteiger partial charge is 0.397 e. The highest BCUT2D eigenvalue weighted by Crippen LogP contribution is 2.18. The number of nitrogen functional groups attached to an aromatic ring is 1. The van der Waals surface area contributed by atoms with Gasteiger partial charge in [-0.05, 0) is 25.1 Å². The summed E-state index contributed by atoms with van der Waals surface area (Å²) in [4.78, 5) is 11.2. The Labute approximate surface area is 94.2 Å². The molecule has 5 heteroatoms. The van der Waals surface area contributed by atoms with E-state index in [9.17, 15) is 4.79 Å². The van der Waals surface area contributed by atoms with Crippen molar-refractivity contribution < 1.29 is 4.79 Å². The van der Waals surface area contributed by atoms with Gasteiger partial charge in [-0.25, -0.2) is 0 Å². The molecule has 0 radical (unpaired) electrons. The van der Waals surface area contributed by atoms with Crippen LogP contribution in [0.3, 0.4) is 0 Å². The van der Waals surface area contributed by atoms with Crippen molar-refractivity contribution in [1.82, 2.24) is 5.32 Å². The van der Waals surface area contributed by atoms with Crippen LogP contribution in [0.25, 0.3) is 0 Å². The molecule has 0 saturated heterocycles. The van der Waals surface area contributed by atoms with Crippen molar-refractivity contribution in [2.24, 2.45) is 0 Å². The van der Waals surface area contributed by atoms with Gasteiger partial charge in [0.25, 0.3) is 0 Å². The van der Waals surface area contributed by atoms with Crippen LogP contribution >= 0.6 is 0 Å². The van der Waals surface area contributed by atoms with E-state index in [-0.39, 0.29) is 12.5 Å². The Morgan fingerprint density at radius 2 is 2.31 bits per heavy atom. The topological polar surface area (TPSA) is 90.9 Å². The minimum absolute atomic E-state index is 0.0914. The summed E-state index contributed by atoms with van der Waals surface area (Å²) >= 11 is 0. The van der Waals surface area contributed by atoms with E-state index < -0.39 is 0 Å². The predicted octanol–water partition coefficient (Wildman–Crippen LogP) is 0.688. The lowest BCUT2D eigenvalue weighted by atomic mass is 10.2. The number of carbonyl (C=O) groups excluding carboxylic acids is 1. The number of nitrogens with two attached hydrogens (primary N) is 1. The number of hydrogen-bond acceptors (Lipinski definition) is 4. The molecule has 5 nitrogen and oxygen atoms in total. The fraction of sp³-hybridized carbons (Fsp3) is 0.273. The summed E-state index contributed by atoms with van der Waals surface area (Å²) in [7, 11) is 0. The Kier molecular flexibility index (Phi) is 4.16. The van der Waals surface area contributed by atoms with E-state index >= 15 is 0 Å². The van der Waals surface area contributed by atoms with E-state index in [1.54, 1.807) is 18.2 Å². The van der Waals surface area contributed by atoms with Gasteiger partial charge in [-0.3, -0.25) is 4.79 Å². The third-order valence-corrected chi connectivity index (χ3v) is 1.99. The Morgan fingerprint density at radius 3 is 2.88 bits per heavy atom. The van der Waals surface area contributed by atoms with Crippen LogP contribution in [-0.4, -0.2) is 19.0 Å². The van der Waals surface area contributed by atoms with E-state index in [0.717, 1.165) is 0 Å². The molecular formula is C11H14N4O. The number of likely N-dealkylation sites (N-methyl/N-ethyl adjacent to an activating group) is 1. The zero-order valence-corrected chi connectivity index (χ0v) is 9.08. The second-order valence-electron chi connectivity index (χ2n) is 3.22. The molecular weight excluding hydrogens is 204 g/mol. The van der Waals surface area contributed by atoms with Crippen molar-refractivity contribution in [1.29, 1.82) is 5.26 Å². The van der Waals surface area contributed by atoms with Gasteiger partial charge < -0.3 is 16.4 Å². The first-order chi connectivity index (χ1) is 7.67. The maximum Gasteiger partial charge on any atom is 0.239 e. The molecule has 4 N–H and O–H groups in total. The van der Waals surface area contributed by atoms with Crippen molar-refractivity contribution >= 4 is 17.3 Å². The lowest BCUT2D eigenvalue weighted by Gasteiger charge is -2.09. The zero-order chi connectivity index (χ0) is 12.0. The van der Waals surface area contributed by atoms with Crippen LogP contribution in [0.15, 0.2) is 18.2 Å². The Morgan fingerprint density at radius 1 is 1.56 bits per heavy atom. The molecule has 0 saturated carbocycles. The lowest BCUT2D eigenvalue weighted by Crippen LogP contribution is -2.29. The summed E-state index contributed by atoms with van der Waals surface area (Å²) in [5.41, 5.74) is 7.33. The molecule has 0 fully saturated rings. The molecule has 1 aromatic rings. The molecule has 0 bridgehead atoms. The van der Waals surface area contributed by atoms with Crippen molar-refractivity contribution in [3.63, 3.8) is 0 Å². The maximum absolute atomic E-state index is 11.2. The fourth-order valence-electron chi connectivity index (χ4n) is 1.23. The molecule has 0 aliphatic rings. The van der Waals surface area contributed by atoms with E-state index in [1.807, 2.05) is 13.0 Å². The third kappa shape index (κ3) is 3.17. The Bertz CT molecular complexity index is 422. The molecule has 84 valence electrons. The van der Waals surface area contributed by atoms with Gasteiger partial charge in [-0.15, -0.1) is 0 Å². The van der Waals surface area contributed by atoms with Gasteiger partial charge in [0.2, 0.25) is 5.91 Å². The van der Waals surface area contributed by atoms with Gasteiger partial charge in [0.1, 0.15) is 0 Å². The van der Waals surface area contributed by atoms with Crippen molar-refractivity contribution in [2.45, 2.75) is 6.92 Å². The average Bonchev–Trinajstić information content (AvgIpc) is 2.27. The first-order valence-electron chi connectivity index (χ1n) is 4.97. The molecule has 0 heterocycles. The Hall–Kier alpha value is -2.22. The molecule has 0 aliphatic carbocycles. The fourth-order valence-corrected chi connectivity index (χ4v) is 1.23. The molecule has 0 aliphatic heterocycles. The summed E-state index contributed by atoms with van der Waals surface area (Å²) < 4.78 is 0. The Balaban J connectivity index is 2.62. The molecule has 1 rings (SSSR count). The number of amides is 1. The summed E-state index contributed by atoms with van der Waals surface area (Å²) in [5, 5.41) is 14.2. The first kappa shape index (κ1) is 11.9. The van der Waals surface area contributed by atoms with E-state index in [1.165, 1.54) is 0 Å². The quantitative estimate of drug-likeness (QED) is 0.648. The van der Waals surface area contributed by atoms with Crippen molar-refractivity contribution in [2.75, 3.05) is 24.1 Å². The summed E-state index contributed by atoms with van der Waals surface area (Å²) in [6, 6.07) is 6.90. The van der Waals surface area contributed by atoms with E-state index in [2.05, 4.69) is 10.6 Å². The molecule has 0 atom stereocenters. The summed E-state index contributed by atoms with van der Waals surface area (Å²) in [5.74, 6) is -0.0914. The van der Waals surface area contributed by atoms with Gasteiger partial charge >= 0.3 is 0 Å². The monoisotopic (exact) mass is 218 g/mol. The number of nitrogens with one attached hydrogen (secondary N) is 2. The predicted molar refractivity (Wildman–Crippen MR) is 62.7 cm³/mol. The number of hydrogen-bond donors (Lipinski definition) is 3. The second kappa shape index (κ2) is 5.61. The molecule has 1 aromatic carbocycles. The molecule has 16 heavy (non-hydrogen) atoms. The minimum atomic E-state index is -0.0914. The first-order valence-corrected chi connectivity index (χ1v) is 4.97. The molecule has 0 aromatic heterocycles. The third-order valence-electron chi connectivity index (χ3n) is 1.99. The highest BCUT2D eigenvalue weighted by molar-refractivity contribution is 5.82. The summed E-state index contributed by atoms with van der Waals surface area (Å²) in [6.07, 6.45) is 0. The molecule has 0 spiro atoms. The SMILES string of the molecule is CCNC(=O)CNc1ccc(C#N)cc1N. The minimum Gasteiger partial charge on any atom is -0.397 e. The number of anilines is 2. The van der Waals surface area contributed by atoms with Crippen molar-refractivity contribution in [3.05, 3.63) is 23.8 Å². The van der Waals surface area contributed by atoms with Gasteiger partial charge in [-0.2, -0.15) is 5.26 Å². The highest BCUT2D eigenvalue weighted by Gasteiger charge is 2.02. The molecule has 1 amide bonds. The van der Waals surface area contributed by atoms with E-state index in [0.29, 0.717) is 23.5 Å². The smallest absolute Gasteiger partial charge is 0.239 e. The van der Waals surface area contributed by atoms with Crippen molar-refractivity contribution in [3.8, 4) is 6.07 Å². The van der Waals surface area contributed by atoms with Gasteiger partial charge in [0.05, 0.1) is 29.6 Å². The number of benzene rings is 1. The number of nitrogens with zero attached hydrogens (tertiary/aromatic N) is 1. The van der Waals surface area contributed by atoms with Crippen LogP contribution < -0.4 is 16.4 Å². The van der Waals surface area contributed by atoms with Gasteiger partial charge in [0.15, 0.2) is 0 Å². The number of rotatable bonds is 4. The van der Waals surface area contributed by atoms with Gasteiger partial charge in [-0.1, -0.05) is 0 Å². The zero-order valence-electron chi connectivity index (χ0n) is 9.08. The van der Waals surface area contributed by atoms with Crippen LogP contribution in [0.2, 0.25) is 0 Å². The lowest BCUT2D eigenvalue weighted by molar-refractivity contribution is -0.119. The van der Waals surface area contributed by atoms with Crippen LogP contribution in [-0.2, 0) is 4.79 Å². The summed E-state index contributed by atoms with van der Waals surface area (Å²) in [6.45, 7) is 2.63. The van der Waals surface area contributed by atoms with Crippen LogP contribution in [0.4, 0.5) is 11.4 Å². The van der Waals surface area contributed by atoms with Gasteiger partial charge in [0, 0.05) is 6.54 Å². The van der Waals surface area contributed by atoms with Crippen LogP contribution in [0, 0.1) is 11.3 Å². The standard InChI is InChI=1S/C11H14N4O/c1-2-14-11(16)7-15-10-4-3-8(6-12)5-9(10)13/h3-5,15H,2,7,13H2,1H3,(H,14,16).